The van der Waals surface area contributed by atoms with Gasteiger partial charge in [-0.05, 0) is 37.5 Å². The first kappa shape index (κ1) is 36.7. The molecule has 3 atom stereocenters. The molecule has 0 saturated heterocycles. The highest BCUT2D eigenvalue weighted by Gasteiger charge is 2.26. The van der Waals surface area contributed by atoms with Crippen molar-refractivity contribution >= 4 is 74.6 Å². The van der Waals surface area contributed by atoms with Gasteiger partial charge in [0.15, 0.2) is 5.96 Å². The number of carboxylic acid groups (broad SMARTS) is 1. The van der Waals surface area contributed by atoms with Gasteiger partial charge in [0, 0.05) is 35.7 Å². The minimum absolute atomic E-state index is 0.0162. The van der Waals surface area contributed by atoms with Crippen molar-refractivity contribution in [3.8, 4) is 0 Å². The molecule has 17 nitrogen and oxygen atoms in total. The maximum atomic E-state index is 12.9. The van der Waals surface area contributed by atoms with E-state index in [4.69, 9.17) is 17.2 Å². The van der Waals surface area contributed by atoms with E-state index >= 15 is 0 Å². The van der Waals surface area contributed by atoms with E-state index in [-0.39, 0.29) is 35.8 Å². The molecule has 0 fully saturated rings. The smallest absolute Gasteiger partial charge is 0.305 e. The van der Waals surface area contributed by atoms with Crippen LogP contribution in [-0.4, -0.2) is 95.2 Å². The molecule has 246 valence electrons. The van der Waals surface area contributed by atoms with Gasteiger partial charge in [-0.25, -0.2) is 0 Å². The molecule has 0 radical (unpaired) electrons. The van der Waals surface area contributed by atoms with E-state index in [9.17, 15) is 38.7 Å². The third kappa shape index (κ3) is 14.2. The SMILES string of the molecule is NC(=O)C1CSSCCC(=O)NC(CCCCN=C(N)N)C(=O)NCC(=O)NC(CC(=O)O)C(=O)Nc2cccc(c2)C(=O)N1. The Labute approximate surface area is 266 Å². The van der Waals surface area contributed by atoms with E-state index in [1.165, 1.54) is 45.9 Å². The Bertz CT molecular complexity index is 1290. The number of nitrogens with one attached hydrogen (secondary N) is 5. The summed E-state index contributed by atoms with van der Waals surface area (Å²) in [5.74, 6) is -5.36. The van der Waals surface area contributed by atoms with Crippen molar-refractivity contribution in [2.24, 2.45) is 22.2 Å². The number of carboxylic acids is 1. The third-order valence-corrected chi connectivity index (χ3v) is 8.49. The maximum Gasteiger partial charge on any atom is 0.305 e. The molecule has 12 N–H and O–H groups in total. The number of carbonyl (C=O) groups is 7. The number of carbonyl (C=O) groups excluding carboxylic acids is 6. The number of fused-ring (bicyclic) bond motifs is 2. The standard InChI is InChI=1S/C26H37N9O8S2/c27-22(40)18-13-45-44-9-7-19(36)33-16(6-1-2-8-30-26(28)29)24(42)31-12-20(37)34-17(11-21(38)39)25(43)32-15-5-3-4-14(10-15)23(41)35-18/h3-5,10,16-18H,1-2,6-9,11-13H2,(H2,27,40)(H,31,42)(H,32,43)(H,33,36)(H,34,37)(H,35,41)(H,38,39)(H4,28,29,30). The van der Waals surface area contributed by atoms with Gasteiger partial charge >= 0.3 is 5.97 Å². The van der Waals surface area contributed by atoms with Gasteiger partial charge in [0.2, 0.25) is 29.5 Å². The summed E-state index contributed by atoms with van der Waals surface area (Å²) in [5.41, 5.74) is 16.3. The van der Waals surface area contributed by atoms with E-state index in [0.717, 1.165) is 0 Å². The van der Waals surface area contributed by atoms with Crippen LogP contribution in [0.2, 0.25) is 0 Å². The van der Waals surface area contributed by atoms with Gasteiger partial charge in [0.25, 0.3) is 5.91 Å². The zero-order valence-electron chi connectivity index (χ0n) is 24.2. The van der Waals surface area contributed by atoms with Crippen LogP contribution in [0, 0.1) is 0 Å². The van der Waals surface area contributed by atoms with E-state index < -0.39 is 72.5 Å². The van der Waals surface area contributed by atoms with Gasteiger partial charge in [0.1, 0.15) is 18.1 Å². The van der Waals surface area contributed by atoms with Crippen molar-refractivity contribution in [3.63, 3.8) is 0 Å². The number of nitrogens with two attached hydrogens (primary N) is 3. The van der Waals surface area contributed by atoms with Gasteiger partial charge in [-0.2, -0.15) is 0 Å². The van der Waals surface area contributed by atoms with E-state index in [2.05, 4.69) is 31.6 Å². The number of aliphatic imine (C=N–C) groups is 1. The first-order valence-electron chi connectivity index (χ1n) is 13.7. The van der Waals surface area contributed by atoms with Crippen molar-refractivity contribution in [2.75, 3.05) is 29.9 Å². The third-order valence-electron chi connectivity index (χ3n) is 6.07. The Morgan fingerprint density at radius 2 is 1.67 bits per heavy atom. The Hall–Kier alpha value is -4.52. The highest BCUT2D eigenvalue weighted by Crippen LogP contribution is 2.23. The quantitative estimate of drug-likeness (QED) is 0.0630. The number of amides is 6. The first-order chi connectivity index (χ1) is 21.3. The number of benzene rings is 1. The average Bonchev–Trinajstić information content (AvgIpc) is 2.97. The van der Waals surface area contributed by atoms with Gasteiger partial charge in [-0.1, -0.05) is 27.7 Å². The van der Waals surface area contributed by atoms with Crippen molar-refractivity contribution in [1.82, 2.24) is 21.3 Å². The molecule has 0 aromatic heterocycles. The lowest BCUT2D eigenvalue weighted by Gasteiger charge is -2.20. The summed E-state index contributed by atoms with van der Waals surface area (Å²) < 4.78 is 0. The van der Waals surface area contributed by atoms with Crippen LogP contribution >= 0.6 is 21.6 Å². The molecule has 1 aromatic rings. The van der Waals surface area contributed by atoms with E-state index in [1.807, 2.05) is 0 Å². The molecule has 2 rings (SSSR count). The highest BCUT2D eigenvalue weighted by atomic mass is 33.1. The van der Waals surface area contributed by atoms with Crippen LogP contribution in [0.5, 0.6) is 0 Å². The van der Waals surface area contributed by atoms with Crippen molar-refractivity contribution in [3.05, 3.63) is 29.8 Å². The molecule has 0 spiro atoms. The normalized spacial score (nSPS) is 20.9. The van der Waals surface area contributed by atoms with Gasteiger partial charge in [-0.3, -0.25) is 38.6 Å². The number of guanidine groups is 1. The molecule has 1 heterocycles. The number of hydrogen-bond acceptors (Lipinski definition) is 10. The second-order valence-electron chi connectivity index (χ2n) is 9.71. The summed E-state index contributed by atoms with van der Waals surface area (Å²) in [4.78, 5) is 91.2. The summed E-state index contributed by atoms with van der Waals surface area (Å²) in [6.07, 6.45) is 0.397. The van der Waals surface area contributed by atoms with Crippen LogP contribution in [-0.2, 0) is 28.8 Å². The number of anilines is 1. The number of rotatable bonds is 8. The topological polar surface area (TPSA) is 290 Å². The van der Waals surface area contributed by atoms with Crippen molar-refractivity contribution < 1.29 is 38.7 Å². The Balaban J connectivity index is 2.26. The van der Waals surface area contributed by atoms with Crippen LogP contribution < -0.4 is 43.8 Å². The number of aliphatic carboxylic acids is 1. The van der Waals surface area contributed by atoms with Gasteiger partial charge in [0.05, 0.1) is 13.0 Å². The molecule has 0 saturated carbocycles. The van der Waals surface area contributed by atoms with Crippen LogP contribution in [0.1, 0.15) is 42.5 Å². The van der Waals surface area contributed by atoms with Gasteiger partial charge in [-0.15, -0.1) is 0 Å². The van der Waals surface area contributed by atoms with Gasteiger partial charge < -0.3 is 48.9 Å². The number of unbranched alkanes of at least 4 members (excludes halogenated alkanes) is 1. The molecular formula is C26H37N9O8S2. The highest BCUT2D eigenvalue weighted by molar-refractivity contribution is 8.76. The molecule has 6 amide bonds. The zero-order chi connectivity index (χ0) is 33.4. The predicted octanol–water partition coefficient (Wildman–Crippen LogP) is -2.00. The summed E-state index contributed by atoms with van der Waals surface area (Å²) >= 11 is 0. The minimum atomic E-state index is -1.54. The van der Waals surface area contributed by atoms with Crippen molar-refractivity contribution in [2.45, 2.75) is 50.2 Å². The molecule has 1 aliphatic heterocycles. The second-order valence-corrected chi connectivity index (χ2v) is 12.3. The number of nitrogens with zero attached hydrogens (tertiary/aromatic N) is 1. The maximum absolute atomic E-state index is 12.9. The van der Waals surface area contributed by atoms with Crippen molar-refractivity contribution in [1.29, 1.82) is 0 Å². The molecular weight excluding hydrogens is 630 g/mol. The Kier molecular flexibility index (Phi) is 15.5. The zero-order valence-corrected chi connectivity index (χ0v) is 25.8. The lowest BCUT2D eigenvalue weighted by molar-refractivity contribution is -0.140. The van der Waals surface area contributed by atoms with E-state index in [1.54, 1.807) is 0 Å². The molecule has 45 heavy (non-hydrogen) atoms. The van der Waals surface area contributed by atoms with Crippen LogP contribution in [0.25, 0.3) is 0 Å². The number of hydrogen-bond donors (Lipinski definition) is 9. The average molecular weight is 668 g/mol. The molecule has 19 heteroatoms. The van der Waals surface area contributed by atoms with Crippen LogP contribution in [0.15, 0.2) is 29.3 Å². The fourth-order valence-corrected chi connectivity index (χ4v) is 6.00. The lowest BCUT2D eigenvalue weighted by atomic mass is 10.1. The fourth-order valence-electron chi connectivity index (χ4n) is 3.84. The van der Waals surface area contributed by atoms with Crippen LogP contribution in [0.4, 0.5) is 5.69 Å². The largest absolute Gasteiger partial charge is 0.481 e. The Morgan fingerprint density at radius 1 is 0.933 bits per heavy atom. The van der Waals surface area contributed by atoms with E-state index in [0.29, 0.717) is 25.1 Å². The molecule has 2 bridgehead atoms. The monoisotopic (exact) mass is 667 g/mol. The molecule has 1 aromatic carbocycles. The summed E-state index contributed by atoms with van der Waals surface area (Å²) in [7, 11) is 2.47. The molecule has 1 aliphatic rings. The molecule has 3 unspecified atom stereocenters. The predicted molar refractivity (Wildman–Crippen MR) is 169 cm³/mol. The minimum Gasteiger partial charge on any atom is -0.481 e. The summed E-state index contributed by atoms with van der Waals surface area (Å²) in [5, 5.41) is 21.6. The first-order valence-corrected chi connectivity index (χ1v) is 16.2. The summed E-state index contributed by atoms with van der Waals surface area (Å²) in [6.45, 7) is -0.295. The second kappa shape index (κ2) is 19.0. The number of primary amides is 1. The fraction of sp³-hybridized carbons (Fsp3) is 0.462. The lowest BCUT2D eigenvalue weighted by Crippen LogP contribution is -2.51. The summed E-state index contributed by atoms with van der Waals surface area (Å²) in [6, 6.07) is 2.02. The van der Waals surface area contributed by atoms with Crippen LogP contribution in [0.3, 0.4) is 0 Å². The molecule has 0 aliphatic carbocycles. The Morgan fingerprint density at radius 3 is 2.36 bits per heavy atom.